The van der Waals surface area contributed by atoms with Crippen LogP contribution in [0, 0.1) is 6.92 Å². The van der Waals surface area contributed by atoms with Crippen LogP contribution in [0.1, 0.15) is 22.8 Å². The average Bonchev–Trinajstić information content (AvgIpc) is 2.59. The van der Waals surface area contributed by atoms with E-state index in [1.165, 1.54) is 11.3 Å². The molecule has 4 heteroatoms. The fraction of sp³-hybridized carbons (Fsp3) is 0.357. The van der Waals surface area contributed by atoms with Crippen LogP contribution in [-0.2, 0) is 19.9 Å². The number of hydrogen-bond acceptors (Lipinski definition) is 2. The van der Waals surface area contributed by atoms with Gasteiger partial charge < -0.3 is 10.3 Å². The lowest BCUT2D eigenvalue weighted by molar-refractivity contribution is 0.761. The molecule has 0 spiro atoms. The molecule has 1 heterocycles. The summed E-state index contributed by atoms with van der Waals surface area (Å²) in [6.07, 6.45) is 1.69. The van der Waals surface area contributed by atoms with Gasteiger partial charge in [-0.15, -0.1) is 0 Å². The molecule has 18 heavy (non-hydrogen) atoms. The lowest BCUT2D eigenvalue weighted by Gasteiger charge is -2.02. The predicted octanol–water partition coefficient (Wildman–Crippen LogP) is 2.58. The normalized spacial score (nSPS) is 10.9. The minimum Gasteiger partial charge on any atom is -0.335 e. The summed E-state index contributed by atoms with van der Waals surface area (Å²) in [5.41, 5.74) is 9.23. The Labute approximate surface area is 116 Å². The van der Waals surface area contributed by atoms with Gasteiger partial charge in [-0.3, -0.25) is 0 Å². The summed E-state index contributed by atoms with van der Waals surface area (Å²) < 4.78 is 3.25. The van der Waals surface area contributed by atoms with E-state index in [-0.39, 0.29) is 0 Å². The fourth-order valence-electron chi connectivity index (χ4n) is 2.06. The Morgan fingerprint density at radius 1 is 1.39 bits per heavy atom. The van der Waals surface area contributed by atoms with Crippen LogP contribution in [0.5, 0.6) is 0 Å². The Morgan fingerprint density at radius 3 is 2.83 bits per heavy atom. The first kappa shape index (κ1) is 13.3. The van der Waals surface area contributed by atoms with E-state index in [9.17, 15) is 0 Å². The lowest BCUT2D eigenvalue weighted by atomic mass is 10.1. The minimum absolute atomic E-state index is 0.640. The van der Waals surface area contributed by atoms with Crippen molar-refractivity contribution in [3.05, 3.63) is 51.5 Å². The third-order valence-electron chi connectivity index (χ3n) is 3.20. The van der Waals surface area contributed by atoms with Crippen LogP contribution in [0.2, 0.25) is 0 Å². The summed E-state index contributed by atoms with van der Waals surface area (Å²) >= 11 is 3.50. The molecule has 1 aromatic heterocycles. The van der Waals surface area contributed by atoms with Gasteiger partial charge in [0, 0.05) is 30.1 Å². The largest absolute Gasteiger partial charge is 0.335 e. The molecule has 96 valence electrons. The standard InChI is InChI=1S/C14H18BrN3/c1-10-13(17-14(6-7-16)18(10)2)9-11-4-3-5-12(15)8-11/h3-5,8H,6-7,9,16H2,1-2H3. The molecule has 0 radical (unpaired) electrons. The number of rotatable bonds is 4. The fourth-order valence-corrected chi connectivity index (χ4v) is 2.51. The quantitative estimate of drug-likeness (QED) is 0.943. The van der Waals surface area contributed by atoms with Gasteiger partial charge in [-0.25, -0.2) is 4.98 Å². The third-order valence-corrected chi connectivity index (χ3v) is 3.69. The average molecular weight is 308 g/mol. The zero-order valence-corrected chi connectivity index (χ0v) is 12.4. The molecular weight excluding hydrogens is 290 g/mol. The van der Waals surface area contributed by atoms with Crippen molar-refractivity contribution in [3.8, 4) is 0 Å². The van der Waals surface area contributed by atoms with Crippen molar-refractivity contribution in [2.24, 2.45) is 12.8 Å². The lowest BCUT2D eigenvalue weighted by Crippen LogP contribution is -2.08. The molecule has 2 rings (SSSR count). The van der Waals surface area contributed by atoms with Crippen LogP contribution in [-0.4, -0.2) is 16.1 Å². The molecule has 0 atom stereocenters. The summed E-state index contributed by atoms with van der Waals surface area (Å²) in [7, 11) is 2.05. The van der Waals surface area contributed by atoms with E-state index in [0.717, 1.165) is 28.8 Å². The number of hydrogen-bond donors (Lipinski definition) is 1. The van der Waals surface area contributed by atoms with Gasteiger partial charge in [-0.05, 0) is 31.2 Å². The van der Waals surface area contributed by atoms with Crippen molar-refractivity contribution >= 4 is 15.9 Å². The van der Waals surface area contributed by atoms with E-state index >= 15 is 0 Å². The molecule has 0 fully saturated rings. The number of halogens is 1. The Morgan fingerprint density at radius 2 is 2.17 bits per heavy atom. The molecule has 0 unspecified atom stereocenters. The molecule has 2 aromatic rings. The number of aromatic nitrogens is 2. The Bertz CT molecular complexity index is 546. The second kappa shape index (κ2) is 5.67. The molecule has 0 aliphatic heterocycles. The maximum absolute atomic E-state index is 5.60. The molecule has 0 aliphatic carbocycles. The van der Waals surface area contributed by atoms with Gasteiger partial charge in [0.05, 0.1) is 5.69 Å². The summed E-state index contributed by atoms with van der Waals surface area (Å²) in [4.78, 5) is 4.69. The zero-order valence-electron chi connectivity index (χ0n) is 10.8. The van der Waals surface area contributed by atoms with Crippen molar-refractivity contribution in [1.29, 1.82) is 0 Å². The van der Waals surface area contributed by atoms with Crippen LogP contribution in [0.25, 0.3) is 0 Å². The van der Waals surface area contributed by atoms with E-state index in [4.69, 9.17) is 10.7 Å². The van der Waals surface area contributed by atoms with Crippen molar-refractivity contribution in [2.45, 2.75) is 19.8 Å². The van der Waals surface area contributed by atoms with E-state index < -0.39 is 0 Å². The first-order valence-electron chi connectivity index (χ1n) is 6.07. The first-order valence-corrected chi connectivity index (χ1v) is 6.86. The molecule has 3 nitrogen and oxygen atoms in total. The highest BCUT2D eigenvalue weighted by Gasteiger charge is 2.10. The third kappa shape index (κ3) is 2.82. The van der Waals surface area contributed by atoms with Gasteiger partial charge >= 0.3 is 0 Å². The van der Waals surface area contributed by atoms with Crippen molar-refractivity contribution in [1.82, 2.24) is 9.55 Å². The highest BCUT2D eigenvalue weighted by atomic mass is 79.9. The maximum Gasteiger partial charge on any atom is 0.110 e. The Hall–Kier alpha value is -1.13. The summed E-state index contributed by atoms with van der Waals surface area (Å²) in [5.74, 6) is 1.07. The summed E-state index contributed by atoms with van der Waals surface area (Å²) in [6.45, 7) is 2.75. The molecule has 0 saturated carbocycles. The maximum atomic E-state index is 5.60. The van der Waals surface area contributed by atoms with Gasteiger partial charge in [0.15, 0.2) is 0 Å². The van der Waals surface area contributed by atoms with Crippen LogP contribution < -0.4 is 5.73 Å². The molecule has 0 amide bonds. The smallest absolute Gasteiger partial charge is 0.110 e. The number of imidazole rings is 1. The van der Waals surface area contributed by atoms with Crippen LogP contribution in [0.3, 0.4) is 0 Å². The molecular formula is C14H18BrN3. The second-order valence-electron chi connectivity index (χ2n) is 4.46. The van der Waals surface area contributed by atoms with Crippen LogP contribution in [0.4, 0.5) is 0 Å². The second-order valence-corrected chi connectivity index (χ2v) is 5.38. The van der Waals surface area contributed by atoms with E-state index in [0.29, 0.717) is 6.54 Å². The van der Waals surface area contributed by atoms with E-state index in [2.05, 4.69) is 52.7 Å². The minimum atomic E-state index is 0.640. The highest BCUT2D eigenvalue weighted by molar-refractivity contribution is 9.10. The number of nitrogens with two attached hydrogens (primary N) is 1. The summed E-state index contributed by atoms with van der Waals surface area (Å²) in [5, 5.41) is 0. The van der Waals surface area contributed by atoms with Gasteiger partial charge in [-0.1, -0.05) is 28.1 Å². The Balaban J connectivity index is 2.26. The molecule has 0 saturated heterocycles. The summed E-state index contributed by atoms with van der Waals surface area (Å²) in [6, 6.07) is 8.35. The van der Waals surface area contributed by atoms with Crippen molar-refractivity contribution in [2.75, 3.05) is 6.54 Å². The number of benzene rings is 1. The van der Waals surface area contributed by atoms with Gasteiger partial charge in [0.2, 0.25) is 0 Å². The van der Waals surface area contributed by atoms with Gasteiger partial charge in [0.1, 0.15) is 5.82 Å². The first-order chi connectivity index (χ1) is 8.61. The van der Waals surface area contributed by atoms with Crippen LogP contribution in [0.15, 0.2) is 28.7 Å². The number of nitrogens with zero attached hydrogens (tertiary/aromatic N) is 2. The zero-order chi connectivity index (χ0) is 13.1. The van der Waals surface area contributed by atoms with Gasteiger partial charge in [-0.2, -0.15) is 0 Å². The van der Waals surface area contributed by atoms with E-state index in [1.807, 2.05) is 6.07 Å². The molecule has 0 aliphatic rings. The highest BCUT2D eigenvalue weighted by Crippen LogP contribution is 2.17. The van der Waals surface area contributed by atoms with Gasteiger partial charge in [0.25, 0.3) is 0 Å². The van der Waals surface area contributed by atoms with Crippen molar-refractivity contribution in [3.63, 3.8) is 0 Å². The Kier molecular flexibility index (Phi) is 4.19. The van der Waals surface area contributed by atoms with Crippen molar-refractivity contribution < 1.29 is 0 Å². The predicted molar refractivity (Wildman–Crippen MR) is 77.7 cm³/mol. The topological polar surface area (TPSA) is 43.8 Å². The molecule has 2 N–H and O–H groups in total. The monoisotopic (exact) mass is 307 g/mol. The van der Waals surface area contributed by atoms with Crippen LogP contribution >= 0.6 is 15.9 Å². The molecule has 0 bridgehead atoms. The van der Waals surface area contributed by atoms with E-state index in [1.54, 1.807) is 0 Å². The SMILES string of the molecule is Cc1c(Cc2cccc(Br)c2)nc(CCN)n1C. The molecule has 1 aromatic carbocycles.